The molecule has 0 radical (unpaired) electrons. The van der Waals surface area contributed by atoms with Gasteiger partial charge in [-0.15, -0.1) is 0 Å². The fourth-order valence-corrected chi connectivity index (χ4v) is 5.75. The van der Waals surface area contributed by atoms with Gasteiger partial charge >= 0.3 is 5.97 Å². The maximum absolute atomic E-state index is 12.9. The van der Waals surface area contributed by atoms with E-state index < -0.39 is 5.41 Å². The van der Waals surface area contributed by atoms with E-state index in [1.165, 1.54) is 0 Å². The van der Waals surface area contributed by atoms with E-state index in [9.17, 15) is 15.0 Å². The monoisotopic (exact) mass is 330 g/mol. The fourth-order valence-electron chi connectivity index (χ4n) is 5.75. The van der Waals surface area contributed by atoms with Gasteiger partial charge in [-0.3, -0.25) is 4.79 Å². The number of ether oxygens (including phenoxy) is 1. The summed E-state index contributed by atoms with van der Waals surface area (Å²) in [6.45, 7) is 8.38. The second-order valence-electron chi connectivity index (χ2n) is 8.79. The Morgan fingerprint density at radius 2 is 1.92 bits per heavy atom. The summed E-state index contributed by atoms with van der Waals surface area (Å²) in [5.74, 6) is -0.215. The van der Waals surface area contributed by atoms with Crippen LogP contribution in [0.4, 0.5) is 0 Å². The zero-order valence-electron chi connectivity index (χ0n) is 14.8. The topological polar surface area (TPSA) is 66.8 Å². The Morgan fingerprint density at radius 1 is 1.21 bits per heavy atom. The van der Waals surface area contributed by atoms with Crippen molar-refractivity contribution in [3.63, 3.8) is 0 Å². The number of hydrogen-bond donors (Lipinski definition) is 2. The fraction of sp³-hybridized carbons (Fsp3) is 0.650. The summed E-state index contributed by atoms with van der Waals surface area (Å²) in [6, 6.07) is 1.98. The van der Waals surface area contributed by atoms with Crippen molar-refractivity contribution in [2.75, 3.05) is 0 Å². The van der Waals surface area contributed by atoms with Gasteiger partial charge in [0, 0.05) is 23.5 Å². The summed E-state index contributed by atoms with van der Waals surface area (Å²) < 4.78 is 5.80. The summed E-state index contributed by atoms with van der Waals surface area (Å²) in [7, 11) is 0. The van der Waals surface area contributed by atoms with Gasteiger partial charge in [-0.25, -0.2) is 0 Å². The first-order valence-electron chi connectivity index (χ1n) is 8.99. The Morgan fingerprint density at radius 3 is 2.58 bits per heavy atom. The lowest BCUT2D eigenvalue weighted by molar-refractivity contribution is -0.145. The molecule has 2 aliphatic carbocycles. The van der Waals surface area contributed by atoms with E-state index in [2.05, 4.69) is 13.8 Å². The van der Waals surface area contributed by atoms with Crippen molar-refractivity contribution >= 4 is 5.97 Å². The number of fused-ring (bicyclic) bond motifs is 1. The third-order valence-electron chi connectivity index (χ3n) is 6.63. The number of phenolic OH excluding ortho intramolecular Hbond substituents is 2. The van der Waals surface area contributed by atoms with Gasteiger partial charge < -0.3 is 14.9 Å². The van der Waals surface area contributed by atoms with E-state index >= 15 is 0 Å². The van der Waals surface area contributed by atoms with Crippen molar-refractivity contribution in [2.24, 2.45) is 11.3 Å². The predicted molar refractivity (Wildman–Crippen MR) is 90.2 cm³/mol. The Balaban J connectivity index is 2.01. The highest BCUT2D eigenvalue weighted by atomic mass is 16.6. The van der Waals surface area contributed by atoms with Crippen molar-refractivity contribution in [1.82, 2.24) is 0 Å². The second-order valence-corrected chi connectivity index (χ2v) is 8.79. The number of aromatic hydroxyl groups is 2. The highest BCUT2D eigenvalue weighted by Crippen LogP contribution is 2.64. The molecule has 0 unspecified atom stereocenters. The van der Waals surface area contributed by atoms with E-state index in [0.29, 0.717) is 18.4 Å². The molecule has 130 valence electrons. The maximum atomic E-state index is 12.9. The second kappa shape index (κ2) is 4.68. The molecule has 3 aliphatic rings. The van der Waals surface area contributed by atoms with Crippen molar-refractivity contribution in [3.05, 3.63) is 22.8 Å². The molecule has 1 aromatic carbocycles. The predicted octanol–water partition coefficient (Wildman–Crippen LogP) is 3.77. The first kappa shape index (κ1) is 15.8. The van der Waals surface area contributed by atoms with Gasteiger partial charge in [-0.1, -0.05) is 40.2 Å². The van der Waals surface area contributed by atoms with Crippen molar-refractivity contribution in [3.8, 4) is 11.5 Å². The smallest absolute Gasteiger partial charge is 0.317 e. The van der Waals surface area contributed by atoms with Gasteiger partial charge in [0.2, 0.25) is 0 Å². The molecular formula is C20H26O4. The van der Waals surface area contributed by atoms with Crippen LogP contribution in [0.5, 0.6) is 11.5 Å². The lowest BCUT2D eigenvalue weighted by Crippen LogP contribution is -2.53. The third-order valence-corrected chi connectivity index (χ3v) is 6.63. The summed E-state index contributed by atoms with van der Waals surface area (Å²) in [6.07, 6.45) is 3.18. The quantitative estimate of drug-likeness (QED) is 0.608. The van der Waals surface area contributed by atoms with Crippen LogP contribution in [-0.4, -0.2) is 22.3 Å². The molecule has 24 heavy (non-hydrogen) atoms. The molecule has 1 aliphatic heterocycles. The molecule has 4 heteroatoms. The minimum Gasteiger partial charge on any atom is -0.504 e. The van der Waals surface area contributed by atoms with E-state index in [-0.39, 0.29) is 40.8 Å². The first-order chi connectivity index (χ1) is 11.2. The van der Waals surface area contributed by atoms with E-state index in [0.717, 1.165) is 24.0 Å². The zero-order valence-corrected chi connectivity index (χ0v) is 14.8. The van der Waals surface area contributed by atoms with E-state index in [1.807, 2.05) is 19.9 Å². The number of rotatable bonds is 1. The van der Waals surface area contributed by atoms with Crippen LogP contribution in [0.25, 0.3) is 0 Å². The van der Waals surface area contributed by atoms with Gasteiger partial charge in [-0.05, 0) is 29.7 Å². The maximum Gasteiger partial charge on any atom is 0.317 e. The average Bonchev–Trinajstić information content (AvgIpc) is 2.70. The Labute approximate surface area is 142 Å². The summed E-state index contributed by atoms with van der Waals surface area (Å²) in [4.78, 5) is 12.9. The average molecular weight is 330 g/mol. The van der Waals surface area contributed by atoms with Crippen LogP contribution in [0.15, 0.2) is 6.07 Å². The largest absolute Gasteiger partial charge is 0.504 e. The third kappa shape index (κ3) is 1.72. The number of benzene rings is 1. The van der Waals surface area contributed by atoms with Crippen LogP contribution in [0.1, 0.15) is 69.6 Å². The number of phenols is 2. The normalized spacial score (nSPS) is 33.1. The highest BCUT2D eigenvalue weighted by molar-refractivity contribution is 5.90. The number of esters is 1. The van der Waals surface area contributed by atoms with E-state index in [1.54, 1.807) is 0 Å². The molecule has 1 saturated carbocycles. The first-order valence-corrected chi connectivity index (χ1v) is 8.99. The zero-order chi connectivity index (χ0) is 17.4. The van der Waals surface area contributed by atoms with Gasteiger partial charge in [0.1, 0.15) is 11.5 Å². The SMILES string of the molecule is CC(C)c1cc2c(c(O)c1O)[C@@]13CCCC(C)(C)[C@@H]1[C@@H](C2)OC3=O. The summed E-state index contributed by atoms with van der Waals surface area (Å²) in [5.41, 5.74) is 1.53. The van der Waals surface area contributed by atoms with E-state index in [4.69, 9.17) is 4.74 Å². The molecular weight excluding hydrogens is 304 g/mol. The minimum absolute atomic E-state index is 0.0223. The van der Waals surface area contributed by atoms with Crippen LogP contribution in [0.3, 0.4) is 0 Å². The van der Waals surface area contributed by atoms with Gasteiger partial charge in [0.25, 0.3) is 0 Å². The van der Waals surface area contributed by atoms with Crippen LogP contribution in [-0.2, 0) is 21.4 Å². The molecule has 1 aromatic rings. The molecule has 2 fully saturated rings. The minimum atomic E-state index is -0.795. The molecule has 3 atom stereocenters. The molecule has 2 N–H and O–H groups in total. The number of hydrogen-bond acceptors (Lipinski definition) is 4. The van der Waals surface area contributed by atoms with Crippen LogP contribution in [0.2, 0.25) is 0 Å². The molecule has 4 nitrogen and oxygen atoms in total. The Hall–Kier alpha value is -1.71. The number of carbonyl (C=O) groups excluding carboxylic acids is 1. The standard InChI is InChI=1S/C20H26O4/c1-10(2)12-8-11-9-13-17-19(3,4)6-5-7-20(17,18(23)24-13)14(11)16(22)15(12)21/h8,10,13,17,21-22H,5-7,9H2,1-4H3/t13-,17+,20+/m1/s1. The molecule has 0 spiro atoms. The van der Waals surface area contributed by atoms with Crippen molar-refractivity contribution in [2.45, 2.75) is 70.8 Å². The highest BCUT2D eigenvalue weighted by Gasteiger charge is 2.67. The lowest BCUT2D eigenvalue weighted by Gasteiger charge is -2.50. The van der Waals surface area contributed by atoms with Crippen LogP contribution >= 0.6 is 0 Å². The summed E-state index contributed by atoms with van der Waals surface area (Å²) >= 11 is 0. The van der Waals surface area contributed by atoms with Gasteiger partial charge in [-0.2, -0.15) is 0 Å². The Bertz CT molecular complexity index is 734. The van der Waals surface area contributed by atoms with Crippen molar-refractivity contribution in [1.29, 1.82) is 0 Å². The Kier molecular flexibility index (Phi) is 3.08. The lowest BCUT2D eigenvalue weighted by atomic mass is 9.50. The molecule has 1 saturated heterocycles. The summed E-state index contributed by atoms with van der Waals surface area (Å²) in [5, 5.41) is 21.4. The molecule has 2 bridgehead atoms. The van der Waals surface area contributed by atoms with Crippen LogP contribution in [0, 0.1) is 11.3 Å². The molecule has 1 heterocycles. The number of carbonyl (C=O) groups is 1. The molecule has 0 amide bonds. The van der Waals surface area contributed by atoms with Crippen molar-refractivity contribution < 1.29 is 19.7 Å². The molecule has 4 rings (SSSR count). The van der Waals surface area contributed by atoms with Gasteiger partial charge in [0.15, 0.2) is 11.5 Å². The van der Waals surface area contributed by atoms with Gasteiger partial charge in [0.05, 0.1) is 0 Å². The van der Waals surface area contributed by atoms with Crippen LogP contribution < -0.4 is 0 Å². The molecule has 0 aromatic heterocycles.